The zero-order valence-corrected chi connectivity index (χ0v) is 10.9. The van der Waals surface area contributed by atoms with Crippen LogP contribution >= 0.6 is 0 Å². The molecule has 0 saturated carbocycles. The number of ether oxygens (including phenoxy) is 1. The van der Waals surface area contributed by atoms with Gasteiger partial charge in [-0.15, -0.1) is 0 Å². The Kier molecular flexibility index (Phi) is 3.68. The lowest BCUT2D eigenvalue weighted by Gasteiger charge is -2.17. The highest BCUT2D eigenvalue weighted by Crippen LogP contribution is 2.24. The molecule has 18 heavy (non-hydrogen) atoms. The Morgan fingerprint density at radius 2 is 1.83 bits per heavy atom. The third kappa shape index (κ3) is 2.26. The van der Waals surface area contributed by atoms with Crippen LogP contribution in [0.5, 0.6) is 0 Å². The Hall–Kier alpha value is -1.40. The van der Waals surface area contributed by atoms with Gasteiger partial charge < -0.3 is 4.74 Å². The van der Waals surface area contributed by atoms with E-state index in [1.54, 1.807) is 12.1 Å². The summed E-state index contributed by atoms with van der Waals surface area (Å²) >= 11 is 0. The molecule has 1 fully saturated rings. The van der Waals surface area contributed by atoms with E-state index in [-0.39, 0.29) is 10.5 Å². The maximum Gasteiger partial charge on any atom is 0.339 e. The molecule has 1 heterocycles. The average Bonchev–Trinajstić information content (AvgIpc) is 2.92. The van der Waals surface area contributed by atoms with Crippen LogP contribution in [-0.4, -0.2) is 38.9 Å². The molecule has 1 aliphatic heterocycles. The Morgan fingerprint density at radius 3 is 2.44 bits per heavy atom. The minimum atomic E-state index is -3.59. The highest BCUT2D eigenvalue weighted by atomic mass is 32.2. The number of hydrogen-bond acceptors (Lipinski definition) is 4. The van der Waals surface area contributed by atoms with E-state index in [0.717, 1.165) is 12.8 Å². The van der Waals surface area contributed by atoms with Crippen LogP contribution in [0.2, 0.25) is 0 Å². The van der Waals surface area contributed by atoms with Crippen molar-refractivity contribution in [2.24, 2.45) is 0 Å². The molecule has 5 nitrogen and oxygen atoms in total. The summed E-state index contributed by atoms with van der Waals surface area (Å²) in [6.45, 7) is 1.02. The van der Waals surface area contributed by atoms with Gasteiger partial charge >= 0.3 is 5.97 Å². The SMILES string of the molecule is COC(=O)c1ccccc1S(=O)(=O)N1CCCC1. The normalized spacial score (nSPS) is 16.7. The molecular formula is C12H15NO4S. The first-order chi connectivity index (χ1) is 8.57. The molecular weight excluding hydrogens is 254 g/mol. The summed E-state index contributed by atoms with van der Waals surface area (Å²) < 4.78 is 30.8. The van der Waals surface area contributed by atoms with Crippen LogP contribution < -0.4 is 0 Å². The first-order valence-corrected chi connectivity index (χ1v) is 7.19. The van der Waals surface area contributed by atoms with E-state index in [9.17, 15) is 13.2 Å². The van der Waals surface area contributed by atoms with Crippen molar-refractivity contribution in [1.29, 1.82) is 0 Å². The summed E-state index contributed by atoms with van der Waals surface area (Å²) in [6.07, 6.45) is 1.72. The van der Waals surface area contributed by atoms with E-state index in [2.05, 4.69) is 4.74 Å². The van der Waals surface area contributed by atoms with E-state index in [1.165, 1.54) is 23.5 Å². The zero-order valence-electron chi connectivity index (χ0n) is 10.1. The van der Waals surface area contributed by atoms with Crippen molar-refractivity contribution in [3.8, 4) is 0 Å². The molecule has 0 spiro atoms. The third-order valence-electron chi connectivity index (χ3n) is 2.98. The highest BCUT2D eigenvalue weighted by Gasteiger charge is 2.30. The fraction of sp³-hybridized carbons (Fsp3) is 0.417. The molecule has 0 aliphatic carbocycles. The second-order valence-electron chi connectivity index (χ2n) is 4.10. The number of carbonyl (C=O) groups is 1. The quantitative estimate of drug-likeness (QED) is 0.775. The topological polar surface area (TPSA) is 63.7 Å². The van der Waals surface area contributed by atoms with Gasteiger partial charge in [0, 0.05) is 13.1 Å². The summed E-state index contributed by atoms with van der Waals surface area (Å²) in [4.78, 5) is 11.6. The van der Waals surface area contributed by atoms with Crippen LogP contribution in [0.1, 0.15) is 23.2 Å². The van der Waals surface area contributed by atoms with Gasteiger partial charge in [-0.1, -0.05) is 12.1 Å². The van der Waals surface area contributed by atoms with Crippen molar-refractivity contribution in [3.05, 3.63) is 29.8 Å². The van der Waals surface area contributed by atoms with Gasteiger partial charge in [0.1, 0.15) is 0 Å². The van der Waals surface area contributed by atoms with Crippen LogP contribution in [0.15, 0.2) is 29.2 Å². The predicted octanol–water partition coefficient (Wildman–Crippen LogP) is 1.26. The molecule has 98 valence electrons. The van der Waals surface area contributed by atoms with Crippen LogP contribution in [-0.2, 0) is 14.8 Å². The molecule has 0 atom stereocenters. The molecule has 1 aliphatic rings. The van der Waals surface area contributed by atoms with E-state index in [1.807, 2.05) is 0 Å². The minimum absolute atomic E-state index is 0.0266. The van der Waals surface area contributed by atoms with Gasteiger partial charge in [0.25, 0.3) is 0 Å². The van der Waals surface area contributed by atoms with E-state index >= 15 is 0 Å². The lowest BCUT2D eigenvalue weighted by atomic mass is 10.2. The van der Waals surface area contributed by atoms with Gasteiger partial charge in [0.2, 0.25) is 10.0 Å². The van der Waals surface area contributed by atoms with Gasteiger partial charge in [0.15, 0.2) is 0 Å². The lowest BCUT2D eigenvalue weighted by Crippen LogP contribution is -2.29. The largest absolute Gasteiger partial charge is 0.465 e. The number of carbonyl (C=O) groups excluding carboxylic acids is 1. The van der Waals surface area contributed by atoms with Crippen LogP contribution in [0, 0.1) is 0 Å². The number of nitrogens with zero attached hydrogens (tertiary/aromatic N) is 1. The molecule has 2 rings (SSSR count). The van der Waals surface area contributed by atoms with Crippen molar-refractivity contribution < 1.29 is 17.9 Å². The zero-order chi connectivity index (χ0) is 13.2. The number of methoxy groups -OCH3 is 1. The van der Waals surface area contributed by atoms with E-state index < -0.39 is 16.0 Å². The molecule has 0 unspecified atom stereocenters. The molecule has 0 bridgehead atoms. The Labute approximate surface area is 106 Å². The van der Waals surface area contributed by atoms with Gasteiger partial charge in [-0.05, 0) is 25.0 Å². The van der Waals surface area contributed by atoms with Crippen LogP contribution in [0.3, 0.4) is 0 Å². The Balaban J connectivity index is 2.47. The number of esters is 1. The van der Waals surface area contributed by atoms with Gasteiger partial charge in [0.05, 0.1) is 17.6 Å². The smallest absolute Gasteiger partial charge is 0.339 e. The van der Waals surface area contributed by atoms with Crippen molar-refractivity contribution in [3.63, 3.8) is 0 Å². The lowest BCUT2D eigenvalue weighted by molar-refractivity contribution is 0.0596. The molecule has 0 amide bonds. The second-order valence-corrected chi connectivity index (χ2v) is 6.01. The maximum absolute atomic E-state index is 12.4. The Morgan fingerprint density at radius 1 is 1.22 bits per heavy atom. The highest BCUT2D eigenvalue weighted by molar-refractivity contribution is 7.89. The van der Waals surface area contributed by atoms with Crippen molar-refractivity contribution in [1.82, 2.24) is 4.31 Å². The number of sulfonamides is 1. The van der Waals surface area contributed by atoms with Crippen LogP contribution in [0.25, 0.3) is 0 Å². The van der Waals surface area contributed by atoms with Crippen molar-refractivity contribution >= 4 is 16.0 Å². The number of hydrogen-bond donors (Lipinski definition) is 0. The van der Waals surface area contributed by atoms with Crippen molar-refractivity contribution in [2.75, 3.05) is 20.2 Å². The summed E-state index contributed by atoms with van der Waals surface area (Å²) in [5.41, 5.74) is 0.0897. The molecule has 0 radical (unpaired) electrons. The summed E-state index contributed by atoms with van der Waals surface area (Å²) in [5, 5.41) is 0. The fourth-order valence-electron chi connectivity index (χ4n) is 2.04. The predicted molar refractivity (Wildman–Crippen MR) is 65.8 cm³/mol. The monoisotopic (exact) mass is 269 g/mol. The average molecular weight is 269 g/mol. The van der Waals surface area contributed by atoms with E-state index in [4.69, 9.17) is 0 Å². The first-order valence-electron chi connectivity index (χ1n) is 5.75. The third-order valence-corrected chi connectivity index (χ3v) is 4.93. The van der Waals surface area contributed by atoms with Crippen LogP contribution in [0.4, 0.5) is 0 Å². The second kappa shape index (κ2) is 5.07. The number of benzene rings is 1. The molecule has 0 aromatic heterocycles. The summed E-state index contributed by atoms with van der Waals surface area (Å²) in [5.74, 6) is -0.631. The van der Waals surface area contributed by atoms with Gasteiger partial charge in [-0.2, -0.15) is 4.31 Å². The fourth-order valence-corrected chi connectivity index (χ4v) is 3.73. The molecule has 6 heteroatoms. The molecule has 1 aromatic rings. The summed E-state index contributed by atoms with van der Waals surface area (Å²) in [7, 11) is -2.35. The van der Waals surface area contributed by atoms with Gasteiger partial charge in [-0.3, -0.25) is 0 Å². The molecule has 1 aromatic carbocycles. The van der Waals surface area contributed by atoms with Crippen molar-refractivity contribution in [2.45, 2.75) is 17.7 Å². The summed E-state index contributed by atoms with van der Waals surface area (Å²) in [6, 6.07) is 6.14. The standard InChI is InChI=1S/C12H15NO4S/c1-17-12(14)10-6-2-3-7-11(10)18(15,16)13-8-4-5-9-13/h2-3,6-7H,4-5,8-9H2,1H3. The molecule has 1 saturated heterocycles. The maximum atomic E-state index is 12.4. The molecule has 0 N–H and O–H groups in total. The van der Waals surface area contributed by atoms with E-state index in [0.29, 0.717) is 13.1 Å². The Bertz CT molecular complexity index is 547. The minimum Gasteiger partial charge on any atom is -0.465 e. The van der Waals surface area contributed by atoms with Gasteiger partial charge in [-0.25, -0.2) is 13.2 Å². The first kappa shape index (κ1) is 13.0. The number of rotatable bonds is 3.